The van der Waals surface area contributed by atoms with Gasteiger partial charge in [-0.15, -0.1) is 0 Å². The summed E-state index contributed by atoms with van der Waals surface area (Å²) in [5.41, 5.74) is 0. The number of hydrogen-bond acceptors (Lipinski definition) is 2. The molecule has 1 unspecified atom stereocenters. The first-order valence-corrected chi connectivity index (χ1v) is 6.51. The molecule has 0 radical (unpaired) electrons. The van der Waals surface area contributed by atoms with Crippen LogP contribution in [-0.4, -0.2) is 36.5 Å². The lowest BCUT2D eigenvalue weighted by molar-refractivity contribution is -0.132. The molecule has 3 heteroatoms. The highest BCUT2D eigenvalue weighted by Gasteiger charge is 2.32. The molecule has 16 heavy (non-hydrogen) atoms. The van der Waals surface area contributed by atoms with E-state index < -0.39 is 0 Å². The van der Waals surface area contributed by atoms with Gasteiger partial charge in [-0.3, -0.25) is 4.79 Å². The molecular weight excluding hydrogens is 200 g/mol. The number of rotatable bonds is 7. The maximum atomic E-state index is 11.9. The van der Waals surface area contributed by atoms with Gasteiger partial charge in [0.2, 0.25) is 5.91 Å². The minimum atomic E-state index is 0.296. The second-order valence-corrected chi connectivity index (χ2v) is 5.30. The van der Waals surface area contributed by atoms with Crippen LogP contribution < -0.4 is 5.32 Å². The van der Waals surface area contributed by atoms with E-state index in [-0.39, 0.29) is 0 Å². The molecule has 0 aromatic rings. The van der Waals surface area contributed by atoms with E-state index in [0.717, 1.165) is 18.9 Å². The van der Waals surface area contributed by atoms with Crippen molar-refractivity contribution >= 4 is 5.91 Å². The molecule has 0 bridgehead atoms. The van der Waals surface area contributed by atoms with Crippen LogP contribution in [0.2, 0.25) is 0 Å². The van der Waals surface area contributed by atoms with E-state index in [2.05, 4.69) is 26.1 Å². The Labute approximate surface area is 99.6 Å². The van der Waals surface area contributed by atoms with Crippen LogP contribution in [0.1, 0.15) is 46.5 Å². The second kappa shape index (κ2) is 6.24. The van der Waals surface area contributed by atoms with Crippen LogP contribution in [0.5, 0.6) is 0 Å². The van der Waals surface area contributed by atoms with E-state index in [4.69, 9.17) is 0 Å². The molecule has 1 N–H and O–H groups in total. The predicted octanol–water partition coefficient (Wildman–Crippen LogP) is 2.02. The standard InChI is InChI=1S/C13H26N2O/c1-10(2)14-9-5-6-13(16)15(4)11(3)12-7-8-12/h10-12,14H,5-9H2,1-4H3. The fraction of sp³-hybridized carbons (Fsp3) is 0.923. The van der Waals surface area contributed by atoms with Crippen molar-refractivity contribution in [2.45, 2.75) is 58.5 Å². The second-order valence-electron chi connectivity index (χ2n) is 5.30. The molecule has 3 nitrogen and oxygen atoms in total. The fourth-order valence-electron chi connectivity index (χ4n) is 1.93. The molecule has 94 valence electrons. The zero-order valence-electron chi connectivity index (χ0n) is 11.1. The van der Waals surface area contributed by atoms with Gasteiger partial charge >= 0.3 is 0 Å². The van der Waals surface area contributed by atoms with Gasteiger partial charge in [0, 0.05) is 25.6 Å². The molecular formula is C13H26N2O. The Balaban J connectivity index is 2.13. The summed E-state index contributed by atoms with van der Waals surface area (Å²) in [4.78, 5) is 13.8. The molecule has 0 saturated heterocycles. The summed E-state index contributed by atoms with van der Waals surface area (Å²) in [6.07, 6.45) is 4.22. The zero-order chi connectivity index (χ0) is 12.1. The number of hydrogen-bond donors (Lipinski definition) is 1. The molecule has 1 fully saturated rings. The van der Waals surface area contributed by atoms with Crippen molar-refractivity contribution in [3.05, 3.63) is 0 Å². The Kier molecular flexibility index (Phi) is 5.26. The van der Waals surface area contributed by atoms with Gasteiger partial charge in [-0.05, 0) is 38.6 Å². The average Bonchev–Trinajstić information content (AvgIpc) is 3.05. The number of nitrogens with one attached hydrogen (secondary N) is 1. The summed E-state index contributed by atoms with van der Waals surface area (Å²) < 4.78 is 0. The molecule has 1 aliphatic carbocycles. The lowest BCUT2D eigenvalue weighted by Crippen LogP contribution is -2.36. The van der Waals surface area contributed by atoms with Gasteiger partial charge in [-0.2, -0.15) is 0 Å². The molecule has 0 spiro atoms. The van der Waals surface area contributed by atoms with Crippen LogP contribution in [0.25, 0.3) is 0 Å². The van der Waals surface area contributed by atoms with Gasteiger partial charge in [0.1, 0.15) is 0 Å². The van der Waals surface area contributed by atoms with E-state index in [1.54, 1.807) is 0 Å². The predicted molar refractivity (Wildman–Crippen MR) is 67.3 cm³/mol. The minimum absolute atomic E-state index is 0.296. The van der Waals surface area contributed by atoms with Gasteiger partial charge in [0.25, 0.3) is 0 Å². The SMILES string of the molecule is CC(C)NCCCC(=O)N(C)C(C)C1CC1. The Morgan fingerprint density at radius 2 is 2.00 bits per heavy atom. The van der Waals surface area contributed by atoms with Crippen molar-refractivity contribution in [3.8, 4) is 0 Å². The maximum Gasteiger partial charge on any atom is 0.222 e. The first kappa shape index (κ1) is 13.5. The quantitative estimate of drug-likeness (QED) is 0.674. The summed E-state index contributed by atoms with van der Waals surface area (Å²) in [7, 11) is 1.95. The monoisotopic (exact) mass is 226 g/mol. The van der Waals surface area contributed by atoms with Gasteiger partial charge in [0.05, 0.1) is 0 Å². The highest BCUT2D eigenvalue weighted by atomic mass is 16.2. The van der Waals surface area contributed by atoms with E-state index in [1.807, 2.05) is 11.9 Å². The zero-order valence-corrected chi connectivity index (χ0v) is 11.1. The molecule has 0 aromatic heterocycles. The number of carbonyl (C=O) groups is 1. The summed E-state index contributed by atoms with van der Waals surface area (Å²) in [5.74, 6) is 1.06. The maximum absolute atomic E-state index is 11.9. The summed E-state index contributed by atoms with van der Waals surface area (Å²) >= 11 is 0. The summed E-state index contributed by atoms with van der Waals surface area (Å²) in [6, 6.07) is 0.948. The van der Waals surface area contributed by atoms with Gasteiger partial charge in [-0.1, -0.05) is 13.8 Å². The molecule has 1 saturated carbocycles. The van der Waals surface area contributed by atoms with Crippen LogP contribution in [0.15, 0.2) is 0 Å². The van der Waals surface area contributed by atoms with E-state index in [1.165, 1.54) is 12.8 Å². The van der Waals surface area contributed by atoms with Crippen molar-refractivity contribution in [1.29, 1.82) is 0 Å². The molecule has 0 aliphatic heterocycles. The Bertz CT molecular complexity index is 224. The van der Waals surface area contributed by atoms with Crippen LogP contribution in [0, 0.1) is 5.92 Å². The third-order valence-electron chi connectivity index (χ3n) is 3.43. The van der Waals surface area contributed by atoms with Crippen LogP contribution >= 0.6 is 0 Å². The highest BCUT2D eigenvalue weighted by Crippen LogP contribution is 2.34. The van der Waals surface area contributed by atoms with Crippen LogP contribution in [0.3, 0.4) is 0 Å². The Hall–Kier alpha value is -0.570. The molecule has 0 heterocycles. The molecule has 1 atom stereocenters. The highest BCUT2D eigenvalue weighted by molar-refractivity contribution is 5.76. The van der Waals surface area contributed by atoms with Gasteiger partial charge < -0.3 is 10.2 Å². The third-order valence-corrected chi connectivity index (χ3v) is 3.43. The first-order valence-electron chi connectivity index (χ1n) is 6.51. The number of amides is 1. The fourth-order valence-corrected chi connectivity index (χ4v) is 1.93. The third kappa shape index (κ3) is 4.52. The number of nitrogens with zero attached hydrogens (tertiary/aromatic N) is 1. The van der Waals surface area contributed by atoms with Gasteiger partial charge in [0.15, 0.2) is 0 Å². The average molecular weight is 226 g/mol. The normalized spacial score (nSPS) is 17.6. The molecule has 1 amide bonds. The van der Waals surface area contributed by atoms with Crippen molar-refractivity contribution in [2.75, 3.05) is 13.6 Å². The van der Waals surface area contributed by atoms with Crippen molar-refractivity contribution < 1.29 is 4.79 Å². The Morgan fingerprint density at radius 3 is 2.50 bits per heavy atom. The Morgan fingerprint density at radius 1 is 1.38 bits per heavy atom. The molecule has 1 rings (SSSR count). The van der Waals surface area contributed by atoms with E-state index in [9.17, 15) is 4.79 Å². The van der Waals surface area contributed by atoms with Gasteiger partial charge in [-0.25, -0.2) is 0 Å². The number of carbonyl (C=O) groups excluding carboxylic acids is 1. The summed E-state index contributed by atoms with van der Waals surface area (Å²) in [5, 5.41) is 3.33. The van der Waals surface area contributed by atoms with Crippen LogP contribution in [-0.2, 0) is 4.79 Å². The first-order chi connectivity index (χ1) is 7.52. The topological polar surface area (TPSA) is 32.3 Å². The minimum Gasteiger partial charge on any atom is -0.343 e. The molecule has 1 aliphatic rings. The lowest BCUT2D eigenvalue weighted by Gasteiger charge is -2.25. The largest absolute Gasteiger partial charge is 0.343 e. The van der Waals surface area contributed by atoms with Crippen molar-refractivity contribution in [3.63, 3.8) is 0 Å². The van der Waals surface area contributed by atoms with Crippen molar-refractivity contribution in [2.24, 2.45) is 5.92 Å². The van der Waals surface area contributed by atoms with E-state index in [0.29, 0.717) is 24.4 Å². The lowest BCUT2D eigenvalue weighted by atomic mass is 10.1. The summed E-state index contributed by atoms with van der Waals surface area (Å²) in [6.45, 7) is 7.36. The van der Waals surface area contributed by atoms with E-state index >= 15 is 0 Å². The molecule has 0 aromatic carbocycles. The van der Waals surface area contributed by atoms with Crippen molar-refractivity contribution in [1.82, 2.24) is 10.2 Å². The van der Waals surface area contributed by atoms with Crippen LogP contribution in [0.4, 0.5) is 0 Å². The smallest absolute Gasteiger partial charge is 0.222 e.